The Kier molecular flexibility index (Phi) is 5.36. The van der Waals surface area contributed by atoms with Crippen LogP contribution in [0.25, 0.3) is 0 Å². The van der Waals surface area contributed by atoms with E-state index in [1.165, 1.54) is 0 Å². The third-order valence-corrected chi connectivity index (χ3v) is 2.48. The Labute approximate surface area is 115 Å². The normalized spacial score (nSPS) is 12.9. The lowest BCUT2D eigenvalue weighted by molar-refractivity contribution is -0.117. The van der Waals surface area contributed by atoms with Crippen molar-refractivity contribution >= 4 is 11.6 Å². The Balaban J connectivity index is 2.59. The zero-order valence-corrected chi connectivity index (χ0v) is 12.2. The summed E-state index contributed by atoms with van der Waals surface area (Å²) in [5, 5.41) is 2.80. The van der Waals surface area contributed by atoms with Crippen LogP contribution in [0.4, 0.5) is 5.69 Å². The first-order valence-electron chi connectivity index (χ1n) is 6.67. The van der Waals surface area contributed by atoms with Crippen molar-refractivity contribution < 1.29 is 9.53 Å². The number of nitrogens with one attached hydrogen (secondary N) is 1. The number of anilines is 1. The monoisotopic (exact) mass is 264 g/mol. The summed E-state index contributed by atoms with van der Waals surface area (Å²) < 4.78 is 5.71. The van der Waals surface area contributed by atoms with Crippen LogP contribution in [0.3, 0.4) is 0 Å². The first-order chi connectivity index (χ1) is 8.81. The van der Waals surface area contributed by atoms with E-state index in [-0.39, 0.29) is 11.5 Å². The Morgan fingerprint density at radius 3 is 2.37 bits per heavy atom. The maximum absolute atomic E-state index is 11.7. The SMILES string of the molecule is CCCC(N)C(=O)Nc1ccc(OC(C)(C)C)cc1. The maximum atomic E-state index is 11.7. The number of amides is 1. The second kappa shape index (κ2) is 6.57. The molecule has 0 saturated heterocycles. The summed E-state index contributed by atoms with van der Waals surface area (Å²) in [6.07, 6.45) is 1.59. The predicted octanol–water partition coefficient (Wildman–Crippen LogP) is 2.93. The molecule has 106 valence electrons. The topological polar surface area (TPSA) is 64.4 Å². The van der Waals surface area contributed by atoms with Gasteiger partial charge in [0.2, 0.25) is 5.91 Å². The van der Waals surface area contributed by atoms with Gasteiger partial charge in [0.15, 0.2) is 0 Å². The van der Waals surface area contributed by atoms with Gasteiger partial charge in [0, 0.05) is 5.69 Å². The zero-order chi connectivity index (χ0) is 14.5. The molecule has 0 aliphatic carbocycles. The molecule has 1 atom stereocenters. The Morgan fingerprint density at radius 1 is 1.32 bits per heavy atom. The summed E-state index contributed by atoms with van der Waals surface area (Å²) in [6.45, 7) is 7.98. The van der Waals surface area contributed by atoms with E-state index >= 15 is 0 Å². The van der Waals surface area contributed by atoms with Crippen LogP contribution in [0.2, 0.25) is 0 Å². The molecule has 1 aromatic rings. The fraction of sp³-hybridized carbons (Fsp3) is 0.533. The highest BCUT2D eigenvalue weighted by molar-refractivity contribution is 5.94. The largest absolute Gasteiger partial charge is 0.488 e. The molecule has 4 heteroatoms. The van der Waals surface area contributed by atoms with E-state index in [9.17, 15) is 4.79 Å². The van der Waals surface area contributed by atoms with E-state index in [2.05, 4.69) is 5.32 Å². The zero-order valence-electron chi connectivity index (χ0n) is 12.2. The Morgan fingerprint density at radius 2 is 1.89 bits per heavy atom. The molecule has 0 spiro atoms. The van der Waals surface area contributed by atoms with Gasteiger partial charge in [-0.05, 0) is 51.5 Å². The lowest BCUT2D eigenvalue weighted by Crippen LogP contribution is -2.35. The van der Waals surface area contributed by atoms with Crippen molar-refractivity contribution in [2.24, 2.45) is 5.73 Å². The summed E-state index contributed by atoms with van der Waals surface area (Å²) in [6, 6.07) is 6.86. The quantitative estimate of drug-likeness (QED) is 0.859. The molecule has 0 saturated carbocycles. The molecule has 1 aromatic carbocycles. The third-order valence-electron chi connectivity index (χ3n) is 2.48. The van der Waals surface area contributed by atoms with E-state index in [0.29, 0.717) is 6.42 Å². The molecule has 1 unspecified atom stereocenters. The number of benzene rings is 1. The van der Waals surface area contributed by atoms with Gasteiger partial charge in [-0.1, -0.05) is 13.3 Å². The van der Waals surface area contributed by atoms with E-state index in [4.69, 9.17) is 10.5 Å². The van der Waals surface area contributed by atoms with Crippen molar-refractivity contribution in [2.45, 2.75) is 52.2 Å². The first-order valence-corrected chi connectivity index (χ1v) is 6.67. The van der Waals surface area contributed by atoms with Crippen molar-refractivity contribution in [3.05, 3.63) is 24.3 Å². The Bertz CT molecular complexity index is 407. The standard InChI is InChI=1S/C15H24N2O2/c1-5-6-13(16)14(18)17-11-7-9-12(10-8-11)19-15(2,3)4/h7-10,13H,5-6,16H2,1-4H3,(H,17,18). The summed E-state index contributed by atoms with van der Waals surface area (Å²) in [5.41, 5.74) is 6.26. The van der Waals surface area contributed by atoms with Gasteiger partial charge in [0.25, 0.3) is 0 Å². The van der Waals surface area contributed by atoms with Crippen molar-refractivity contribution in [1.82, 2.24) is 0 Å². The number of carbonyl (C=O) groups is 1. The highest BCUT2D eigenvalue weighted by atomic mass is 16.5. The lowest BCUT2D eigenvalue weighted by Gasteiger charge is -2.21. The van der Waals surface area contributed by atoms with Gasteiger partial charge in [-0.3, -0.25) is 4.79 Å². The predicted molar refractivity (Wildman–Crippen MR) is 78.3 cm³/mol. The molecule has 0 bridgehead atoms. The van der Waals surface area contributed by atoms with E-state index < -0.39 is 6.04 Å². The molecular weight excluding hydrogens is 240 g/mol. The Hall–Kier alpha value is -1.55. The van der Waals surface area contributed by atoms with Crippen LogP contribution in [0, 0.1) is 0 Å². The van der Waals surface area contributed by atoms with Gasteiger partial charge in [0.05, 0.1) is 6.04 Å². The van der Waals surface area contributed by atoms with Crippen LogP contribution in [0.1, 0.15) is 40.5 Å². The van der Waals surface area contributed by atoms with Gasteiger partial charge in [-0.25, -0.2) is 0 Å². The fourth-order valence-electron chi connectivity index (χ4n) is 1.64. The van der Waals surface area contributed by atoms with Gasteiger partial charge < -0.3 is 15.8 Å². The minimum atomic E-state index is -0.449. The summed E-state index contributed by atoms with van der Waals surface area (Å²) in [4.78, 5) is 11.7. The van der Waals surface area contributed by atoms with Crippen LogP contribution in [-0.2, 0) is 4.79 Å². The summed E-state index contributed by atoms with van der Waals surface area (Å²) >= 11 is 0. The molecule has 0 aliphatic rings. The number of ether oxygens (including phenoxy) is 1. The second-order valence-electron chi connectivity index (χ2n) is 5.62. The molecule has 1 amide bonds. The average Bonchev–Trinajstić information content (AvgIpc) is 2.30. The van der Waals surface area contributed by atoms with Crippen LogP contribution in [0.15, 0.2) is 24.3 Å². The second-order valence-corrected chi connectivity index (χ2v) is 5.62. The highest BCUT2D eigenvalue weighted by Crippen LogP contribution is 2.20. The highest BCUT2D eigenvalue weighted by Gasteiger charge is 2.13. The summed E-state index contributed by atoms with van der Waals surface area (Å²) in [7, 11) is 0. The smallest absolute Gasteiger partial charge is 0.241 e. The van der Waals surface area contributed by atoms with Crippen molar-refractivity contribution in [3.8, 4) is 5.75 Å². The van der Waals surface area contributed by atoms with Gasteiger partial charge in [0.1, 0.15) is 11.4 Å². The van der Waals surface area contributed by atoms with Gasteiger partial charge in [-0.15, -0.1) is 0 Å². The van der Waals surface area contributed by atoms with Crippen molar-refractivity contribution in [2.75, 3.05) is 5.32 Å². The van der Waals surface area contributed by atoms with E-state index in [1.807, 2.05) is 52.0 Å². The minimum Gasteiger partial charge on any atom is -0.488 e. The molecule has 3 N–H and O–H groups in total. The van der Waals surface area contributed by atoms with Gasteiger partial charge >= 0.3 is 0 Å². The van der Waals surface area contributed by atoms with Crippen molar-refractivity contribution in [3.63, 3.8) is 0 Å². The van der Waals surface area contributed by atoms with Crippen LogP contribution in [-0.4, -0.2) is 17.6 Å². The molecule has 0 aliphatic heterocycles. The average molecular weight is 264 g/mol. The molecule has 0 heterocycles. The molecule has 19 heavy (non-hydrogen) atoms. The summed E-state index contributed by atoms with van der Waals surface area (Å²) in [5.74, 6) is 0.634. The maximum Gasteiger partial charge on any atom is 0.241 e. The minimum absolute atomic E-state index is 0.147. The fourth-order valence-corrected chi connectivity index (χ4v) is 1.64. The molecule has 0 radical (unpaired) electrons. The number of nitrogens with two attached hydrogens (primary N) is 1. The number of hydrogen-bond donors (Lipinski definition) is 2. The van der Waals surface area contributed by atoms with Crippen LogP contribution in [0.5, 0.6) is 5.75 Å². The third kappa shape index (κ3) is 5.75. The molecule has 4 nitrogen and oxygen atoms in total. The van der Waals surface area contributed by atoms with Crippen LogP contribution < -0.4 is 15.8 Å². The van der Waals surface area contributed by atoms with Crippen LogP contribution >= 0.6 is 0 Å². The lowest BCUT2D eigenvalue weighted by atomic mass is 10.1. The molecule has 0 fully saturated rings. The van der Waals surface area contributed by atoms with Crippen molar-refractivity contribution in [1.29, 1.82) is 0 Å². The first kappa shape index (κ1) is 15.5. The number of carbonyl (C=O) groups excluding carboxylic acids is 1. The molecular formula is C15H24N2O2. The molecule has 0 aromatic heterocycles. The number of hydrogen-bond acceptors (Lipinski definition) is 3. The molecule has 1 rings (SSSR count). The van der Waals surface area contributed by atoms with E-state index in [0.717, 1.165) is 17.9 Å². The van der Waals surface area contributed by atoms with E-state index in [1.54, 1.807) is 0 Å². The number of rotatable bonds is 5. The van der Waals surface area contributed by atoms with Gasteiger partial charge in [-0.2, -0.15) is 0 Å².